The number of carbonyl (C=O) groups excluding carboxylic acids is 8. The summed E-state index contributed by atoms with van der Waals surface area (Å²) in [5, 5.41) is 53.0. The molecule has 14 unspecified atom stereocenters. The molecule has 0 bridgehead atoms. The average molecular weight is 1090 g/mol. The van der Waals surface area contributed by atoms with Gasteiger partial charge in [0.05, 0.1) is 24.5 Å². The number of Topliss-reactive ketones (excluding diaryl/α,β-unsaturated/α-hetero) is 2. The second-order valence-electron chi connectivity index (χ2n) is 21.8. The van der Waals surface area contributed by atoms with Crippen molar-refractivity contribution in [3.63, 3.8) is 0 Å². The minimum atomic E-state index is -1.83. The Morgan fingerprint density at radius 2 is 1.48 bits per heavy atom. The van der Waals surface area contributed by atoms with Crippen LogP contribution >= 0.6 is 0 Å². The van der Waals surface area contributed by atoms with Crippen molar-refractivity contribution in [1.82, 2.24) is 26.2 Å². The largest absolute Gasteiger partial charge is 0.508 e. The van der Waals surface area contributed by atoms with Crippen LogP contribution in [0.3, 0.4) is 0 Å². The monoisotopic (exact) mass is 1080 g/mol. The van der Waals surface area contributed by atoms with Crippen LogP contribution in [-0.2, 0) is 43.1 Å². The quantitative estimate of drug-likeness (QED) is 0.0442. The highest BCUT2D eigenvalue weighted by molar-refractivity contribution is 5.99. The molecule has 1 aliphatic heterocycles. The van der Waals surface area contributed by atoms with Gasteiger partial charge in [-0.05, 0) is 100 Å². The van der Waals surface area contributed by atoms with Gasteiger partial charge in [0, 0.05) is 44.6 Å². The maximum Gasteiger partial charge on any atom is 0.247 e. The number of hydrogen-bond donors (Lipinski definition) is 11. The third kappa shape index (κ3) is 21.4. The molecule has 2 aliphatic rings. The molecule has 21 nitrogen and oxygen atoms in total. The van der Waals surface area contributed by atoms with E-state index in [4.69, 9.17) is 21.9 Å². The summed E-state index contributed by atoms with van der Waals surface area (Å²) >= 11 is 0. The first-order valence-electron chi connectivity index (χ1n) is 27.8. The Labute approximate surface area is 455 Å². The normalized spacial score (nSPS) is 21.6. The van der Waals surface area contributed by atoms with E-state index < -0.39 is 126 Å². The van der Waals surface area contributed by atoms with Crippen LogP contribution in [0.25, 0.3) is 0 Å². The third-order valence-corrected chi connectivity index (χ3v) is 15.2. The summed E-state index contributed by atoms with van der Waals surface area (Å²) in [5.74, 6) is -5.62. The molecule has 434 valence electrons. The van der Waals surface area contributed by atoms with E-state index in [2.05, 4.69) is 42.0 Å². The van der Waals surface area contributed by atoms with Gasteiger partial charge in [-0.3, -0.25) is 38.4 Å². The standard InChI is InChI=1S/C56H92N8O13/c1-8-32(2)27-33(3)17-13-11-9-10-12-14-21-47(69)61-42(19-16-26-60-53(73)41-28-38(18-15-20-45(41)77-7)50(70)34(4)44(67)30-46(59)68)54(74)62-48(35(5)57)56(76)64-31-39(58)29-43(64)55(75)63-49(36(6)65)52(72)51(71)37-22-24-40(66)25-23-37/h22-25,28,32-35,39,41-45,48-49,51-52,66-67,71-72H,8-21,26-27,29-31,57-58H2,1-7H3,(H2,59,68)(H,60,73)(H,61,69)(H,62,74)(H,63,75). The van der Waals surface area contributed by atoms with E-state index in [0.717, 1.165) is 49.8 Å². The number of rotatable bonds is 34. The van der Waals surface area contributed by atoms with Crippen molar-refractivity contribution in [3.05, 3.63) is 41.5 Å². The molecule has 1 fully saturated rings. The number of nitrogens with two attached hydrogens (primary N) is 3. The van der Waals surface area contributed by atoms with Gasteiger partial charge >= 0.3 is 0 Å². The van der Waals surface area contributed by atoms with E-state index in [1.54, 1.807) is 6.08 Å². The predicted molar refractivity (Wildman–Crippen MR) is 290 cm³/mol. The van der Waals surface area contributed by atoms with Crippen LogP contribution in [0.1, 0.15) is 162 Å². The van der Waals surface area contributed by atoms with Crippen LogP contribution < -0.4 is 38.5 Å². The molecule has 14 atom stereocenters. The lowest BCUT2D eigenvalue weighted by Gasteiger charge is -2.32. The van der Waals surface area contributed by atoms with Crippen LogP contribution in [0.15, 0.2) is 35.9 Å². The minimum Gasteiger partial charge on any atom is -0.508 e. The molecule has 0 radical (unpaired) electrons. The average Bonchev–Trinajstić information content (AvgIpc) is 3.65. The molecule has 14 N–H and O–H groups in total. The first-order chi connectivity index (χ1) is 36.4. The Hall–Kier alpha value is -5.32. The van der Waals surface area contributed by atoms with Crippen molar-refractivity contribution in [1.29, 1.82) is 0 Å². The molecule has 21 heteroatoms. The molecule has 1 heterocycles. The number of benzene rings is 1. The number of nitrogens with one attached hydrogen (secondary N) is 4. The van der Waals surface area contributed by atoms with Gasteiger partial charge < -0.3 is 68.5 Å². The number of methoxy groups -OCH3 is 1. The summed E-state index contributed by atoms with van der Waals surface area (Å²) in [6.45, 7) is 10.8. The number of primary amides is 1. The number of phenolic OH excluding ortho intramolecular Hbond substituents is 1. The fourth-order valence-corrected chi connectivity index (χ4v) is 10.2. The molecule has 0 spiro atoms. The summed E-state index contributed by atoms with van der Waals surface area (Å²) in [6.07, 6.45) is 6.62. The highest BCUT2D eigenvalue weighted by Crippen LogP contribution is 2.29. The lowest BCUT2D eigenvalue weighted by molar-refractivity contribution is -0.143. The zero-order valence-electron chi connectivity index (χ0n) is 46.5. The summed E-state index contributed by atoms with van der Waals surface area (Å²) < 4.78 is 5.66. The van der Waals surface area contributed by atoms with Gasteiger partial charge in [-0.2, -0.15) is 0 Å². The smallest absolute Gasteiger partial charge is 0.247 e. The van der Waals surface area contributed by atoms with E-state index >= 15 is 0 Å². The zero-order chi connectivity index (χ0) is 57.5. The Balaban J connectivity index is 1.76. The number of phenols is 1. The highest BCUT2D eigenvalue weighted by Gasteiger charge is 2.44. The van der Waals surface area contributed by atoms with Gasteiger partial charge in [-0.15, -0.1) is 0 Å². The van der Waals surface area contributed by atoms with Gasteiger partial charge in [0.2, 0.25) is 35.4 Å². The fourth-order valence-electron chi connectivity index (χ4n) is 10.2. The number of hydrogen-bond acceptors (Lipinski definition) is 15. The van der Waals surface area contributed by atoms with E-state index in [1.807, 2.05) is 0 Å². The predicted octanol–water partition coefficient (Wildman–Crippen LogP) is 2.38. The lowest BCUT2D eigenvalue weighted by atomic mass is 9.89. The number of nitrogens with zero attached hydrogens (tertiary/aromatic N) is 1. The first-order valence-corrected chi connectivity index (χ1v) is 27.8. The molecule has 1 aromatic carbocycles. The molecular weight excluding hydrogens is 993 g/mol. The minimum absolute atomic E-state index is 0.00473. The Kier molecular flexibility index (Phi) is 28.4. The molecule has 1 aliphatic carbocycles. The number of amides is 6. The van der Waals surface area contributed by atoms with Gasteiger partial charge in [0.1, 0.15) is 42.1 Å². The van der Waals surface area contributed by atoms with Crippen LogP contribution in [0.4, 0.5) is 0 Å². The third-order valence-electron chi connectivity index (χ3n) is 15.2. The highest BCUT2D eigenvalue weighted by atomic mass is 16.5. The zero-order valence-corrected chi connectivity index (χ0v) is 46.5. The molecule has 6 amide bonds. The SMILES string of the molecule is CCC(C)CC(C)CCCCCCCCC(=O)NC(CCCNC(=O)C1C=C(C(=O)C(C)C(O)CC(N)=O)CCCC1OC)C(=O)NC(C(=O)N1CC(N)CC1C(=O)NC(C(C)=O)C(O)C(O)c1ccc(O)cc1)C(C)N. The number of aliphatic hydroxyl groups is 3. The van der Waals surface area contributed by atoms with E-state index in [9.17, 15) is 58.8 Å². The lowest BCUT2D eigenvalue weighted by Crippen LogP contribution is -2.62. The second kappa shape index (κ2) is 33.2. The maximum atomic E-state index is 14.4. The number of allylic oxidation sites excluding steroid dienone is 1. The Morgan fingerprint density at radius 1 is 0.831 bits per heavy atom. The molecule has 0 aromatic heterocycles. The van der Waals surface area contributed by atoms with Crippen LogP contribution in [0, 0.1) is 23.7 Å². The van der Waals surface area contributed by atoms with Crippen molar-refractivity contribution in [3.8, 4) is 5.75 Å². The van der Waals surface area contributed by atoms with Crippen LogP contribution in [-0.4, -0.2) is 147 Å². The molecule has 0 saturated carbocycles. The second-order valence-corrected chi connectivity index (χ2v) is 21.8. The summed E-state index contributed by atoms with van der Waals surface area (Å²) in [6, 6.07) is -2.03. The summed E-state index contributed by atoms with van der Waals surface area (Å²) in [5.41, 5.74) is 18.4. The maximum absolute atomic E-state index is 14.4. The van der Waals surface area contributed by atoms with E-state index in [0.29, 0.717) is 37.2 Å². The van der Waals surface area contributed by atoms with E-state index in [1.165, 1.54) is 64.5 Å². The molecule has 77 heavy (non-hydrogen) atoms. The number of ether oxygens (including phenoxy) is 1. The van der Waals surface area contributed by atoms with Crippen molar-refractivity contribution in [2.45, 2.75) is 211 Å². The van der Waals surface area contributed by atoms with Crippen LogP contribution in [0.5, 0.6) is 5.75 Å². The number of aromatic hydroxyl groups is 1. The van der Waals surface area contributed by atoms with Gasteiger partial charge in [-0.1, -0.05) is 90.8 Å². The van der Waals surface area contributed by atoms with Crippen molar-refractivity contribution in [2.24, 2.45) is 40.9 Å². The van der Waals surface area contributed by atoms with Crippen LogP contribution in [0.2, 0.25) is 0 Å². The number of carbonyl (C=O) groups is 8. The fraction of sp³-hybridized carbons (Fsp3) is 0.714. The summed E-state index contributed by atoms with van der Waals surface area (Å²) in [7, 11) is 1.46. The van der Waals surface area contributed by atoms with Crippen molar-refractivity contribution in [2.75, 3.05) is 20.2 Å². The topological polar surface area (TPSA) is 356 Å². The first kappa shape index (κ1) is 66.0. The molecular formula is C56H92N8O13. The van der Waals surface area contributed by atoms with Gasteiger partial charge in [-0.25, -0.2) is 0 Å². The van der Waals surface area contributed by atoms with E-state index in [-0.39, 0.29) is 50.1 Å². The number of aliphatic hydroxyl groups excluding tert-OH is 3. The molecule has 1 aromatic rings. The Bertz CT molecular complexity index is 2120. The van der Waals surface area contributed by atoms with Crippen molar-refractivity contribution >= 4 is 47.0 Å². The number of unbranched alkanes of at least 4 members (excludes halogenated alkanes) is 5. The molecule has 1 saturated heterocycles. The van der Waals surface area contributed by atoms with Gasteiger partial charge in [0.15, 0.2) is 11.6 Å². The number of likely N-dealkylation sites (tertiary alicyclic amines) is 1. The Morgan fingerprint density at radius 3 is 2.09 bits per heavy atom. The summed E-state index contributed by atoms with van der Waals surface area (Å²) in [4.78, 5) is 109. The molecule has 3 rings (SSSR count). The van der Waals surface area contributed by atoms with Gasteiger partial charge in [0.25, 0.3) is 0 Å². The van der Waals surface area contributed by atoms with Crippen molar-refractivity contribution < 1.29 is 63.5 Å². The number of ketones is 2.